The zero-order valence-electron chi connectivity index (χ0n) is 16.6. The molecule has 0 radical (unpaired) electrons. The van der Waals surface area contributed by atoms with Gasteiger partial charge in [0.05, 0.1) is 19.3 Å². The summed E-state index contributed by atoms with van der Waals surface area (Å²) in [6, 6.07) is 9.81. The smallest absolute Gasteiger partial charge is 0.264 e. The molecule has 1 fully saturated rings. The van der Waals surface area contributed by atoms with Gasteiger partial charge in [0, 0.05) is 13.0 Å². The summed E-state index contributed by atoms with van der Waals surface area (Å²) in [6.07, 6.45) is 9.84. The number of amides is 1. The predicted octanol–water partition coefficient (Wildman–Crippen LogP) is 2.73. The van der Waals surface area contributed by atoms with Gasteiger partial charge in [-0.1, -0.05) is 56.0 Å². The largest absolute Gasteiger partial charge is 0.354 e. The normalized spacial score (nSPS) is 14.5. The van der Waals surface area contributed by atoms with Gasteiger partial charge in [-0.3, -0.25) is 14.2 Å². The fourth-order valence-electron chi connectivity index (χ4n) is 4.08. The summed E-state index contributed by atoms with van der Waals surface area (Å²) in [4.78, 5) is 29.2. The molecular formula is C22H27N5O2. The van der Waals surface area contributed by atoms with Gasteiger partial charge >= 0.3 is 0 Å². The van der Waals surface area contributed by atoms with Crippen LogP contribution in [0.5, 0.6) is 0 Å². The highest BCUT2D eigenvalue weighted by molar-refractivity contribution is 5.76. The molecule has 0 atom stereocenters. The Morgan fingerprint density at radius 2 is 1.97 bits per heavy atom. The van der Waals surface area contributed by atoms with Crippen LogP contribution in [0.15, 0.2) is 47.7 Å². The Morgan fingerprint density at radius 3 is 2.76 bits per heavy atom. The average molecular weight is 393 g/mol. The molecule has 0 saturated heterocycles. The van der Waals surface area contributed by atoms with E-state index in [9.17, 15) is 9.59 Å². The maximum atomic E-state index is 12.7. The van der Waals surface area contributed by atoms with Crippen LogP contribution in [0.1, 0.15) is 44.1 Å². The van der Waals surface area contributed by atoms with Gasteiger partial charge in [0.25, 0.3) is 5.56 Å². The Labute approximate surface area is 169 Å². The first-order valence-electron chi connectivity index (χ1n) is 10.4. The quantitative estimate of drug-likeness (QED) is 0.638. The fourth-order valence-corrected chi connectivity index (χ4v) is 4.08. The summed E-state index contributed by atoms with van der Waals surface area (Å²) in [5.41, 5.74) is 1.49. The number of fused-ring (bicyclic) bond motifs is 1. The van der Waals surface area contributed by atoms with Crippen molar-refractivity contribution in [1.82, 2.24) is 24.6 Å². The highest BCUT2D eigenvalue weighted by Crippen LogP contribution is 2.28. The van der Waals surface area contributed by atoms with Gasteiger partial charge in [0.2, 0.25) is 5.91 Å². The predicted molar refractivity (Wildman–Crippen MR) is 112 cm³/mol. The number of carbonyl (C=O) groups is 1. The molecule has 3 aromatic rings. The lowest BCUT2D eigenvalue weighted by Gasteiger charge is -2.09. The summed E-state index contributed by atoms with van der Waals surface area (Å²) in [5.74, 6) is 0.810. The van der Waals surface area contributed by atoms with Crippen LogP contribution < -0.4 is 10.9 Å². The van der Waals surface area contributed by atoms with E-state index in [1.807, 2.05) is 30.3 Å². The number of hydrogen-bond acceptors (Lipinski definition) is 4. The van der Waals surface area contributed by atoms with E-state index in [-0.39, 0.29) is 11.5 Å². The van der Waals surface area contributed by atoms with Gasteiger partial charge in [-0.2, -0.15) is 5.10 Å². The molecule has 1 aromatic carbocycles. The Hall–Kier alpha value is -2.96. The molecule has 1 saturated carbocycles. The maximum Gasteiger partial charge on any atom is 0.264 e. The van der Waals surface area contributed by atoms with Crippen LogP contribution in [-0.2, 0) is 17.9 Å². The van der Waals surface area contributed by atoms with Gasteiger partial charge in [0.1, 0.15) is 11.7 Å². The molecule has 29 heavy (non-hydrogen) atoms. The van der Waals surface area contributed by atoms with E-state index in [1.54, 1.807) is 21.8 Å². The summed E-state index contributed by atoms with van der Waals surface area (Å²) < 4.78 is 3.27. The third kappa shape index (κ3) is 4.72. The lowest BCUT2D eigenvalue weighted by molar-refractivity contribution is -0.121. The topological polar surface area (TPSA) is 81.8 Å². The molecule has 7 heteroatoms. The Kier molecular flexibility index (Phi) is 6.03. The summed E-state index contributed by atoms with van der Waals surface area (Å²) >= 11 is 0. The minimum absolute atomic E-state index is 0.0894. The van der Waals surface area contributed by atoms with E-state index in [0.717, 1.165) is 17.9 Å². The van der Waals surface area contributed by atoms with Crippen molar-refractivity contribution in [3.05, 3.63) is 58.8 Å². The summed E-state index contributed by atoms with van der Waals surface area (Å²) in [6.45, 7) is 1.45. The number of benzene rings is 1. The molecule has 1 amide bonds. The molecule has 0 unspecified atom stereocenters. The second-order valence-corrected chi connectivity index (χ2v) is 7.81. The van der Waals surface area contributed by atoms with E-state index in [2.05, 4.69) is 15.4 Å². The monoisotopic (exact) mass is 393 g/mol. The van der Waals surface area contributed by atoms with E-state index < -0.39 is 0 Å². The van der Waals surface area contributed by atoms with E-state index >= 15 is 0 Å². The molecule has 2 aromatic heterocycles. The van der Waals surface area contributed by atoms with E-state index in [1.165, 1.54) is 25.7 Å². The molecule has 0 aliphatic heterocycles. The van der Waals surface area contributed by atoms with Crippen molar-refractivity contribution in [2.45, 2.75) is 51.6 Å². The Morgan fingerprint density at radius 1 is 1.17 bits per heavy atom. The Bertz CT molecular complexity index is 1020. The minimum Gasteiger partial charge on any atom is -0.354 e. The van der Waals surface area contributed by atoms with Crippen LogP contribution in [0, 0.1) is 5.92 Å². The number of carbonyl (C=O) groups excluding carboxylic acids is 1. The number of nitrogens with zero attached hydrogens (tertiary/aromatic N) is 4. The van der Waals surface area contributed by atoms with Crippen LogP contribution in [0.25, 0.3) is 11.0 Å². The lowest BCUT2D eigenvalue weighted by Crippen LogP contribution is -2.28. The molecule has 2 heterocycles. The lowest BCUT2D eigenvalue weighted by atomic mass is 10.0. The van der Waals surface area contributed by atoms with Crippen molar-refractivity contribution in [1.29, 1.82) is 0 Å². The zero-order chi connectivity index (χ0) is 20.1. The summed E-state index contributed by atoms with van der Waals surface area (Å²) in [5, 5.41) is 7.75. The summed E-state index contributed by atoms with van der Waals surface area (Å²) in [7, 11) is 0. The molecule has 1 N–H and O–H groups in total. The van der Waals surface area contributed by atoms with Gasteiger partial charge in [0.15, 0.2) is 5.65 Å². The number of hydrogen-bond donors (Lipinski definition) is 1. The van der Waals surface area contributed by atoms with Gasteiger partial charge in [-0.05, 0) is 17.9 Å². The number of rotatable bonds is 8. The second-order valence-electron chi connectivity index (χ2n) is 7.81. The van der Waals surface area contributed by atoms with E-state index in [0.29, 0.717) is 37.1 Å². The molecule has 0 bridgehead atoms. The average Bonchev–Trinajstić information content (AvgIpc) is 3.40. The van der Waals surface area contributed by atoms with Crippen molar-refractivity contribution in [2.24, 2.45) is 5.92 Å². The molecular weight excluding hydrogens is 366 g/mol. The molecule has 0 spiro atoms. The molecule has 1 aliphatic carbocycles. The number of nitrogens with one attached hydrogen (secondary N) is 1. The standard InChI is InChI=1S/C22H27N5O2/c28-20(11-10-17-6-4-5-7-17)23-12-13-27-21-19(14-25-27)22(29)26(16-24-21)15-18-8-2-1-3-9-18/h1-3,8-9,14,16-17H,4-7,10-13,15H2,(H,23,28). The maximum absolute atomic E-state index is 12.7. The van der Waals surface area contributed by atoms with Crippen molar-refractivity contribution in [3.63, 3.8) is 0 Å². The first-order chi connectivity index (χ1) is 14.2. The van der Waals surface area contributed by atoms with E-state index in [4.69, 9.17) is 0 Å². The van der Waals surface area contributed by atoms with Gasteiger partial charge < -0.3 is 5.32 Å². The SMILES string of the molecule is O=C(CCC1CCCC1)NCCn1ncc2c(=O)n(Cc3ccccc3)cnc21. The Balaban J connectivity index is 1.34. The number of aromatic nitrogens is 4. The van der Waals surface area contributed by atoms with Crippen LogP contribution in [0.2, 0.25) is 0 Å². The van der Waals surface area contributed by atoms with Gasteiger partial charge in [-0.15, -0.1) is 0 Å². The highest BCUT2D eigenvalue weighted by Gasteiger charge is 2.16. The van der Waals surface area contributed by atoms with Crippen LogP contribution in [0.3, 0.4) is 0 Å². The molecule has 1 aliphatic rings. The van der Waals surface area contributed by atoms with Crippen molar-refractivity contribution in [3.8, 4) is 0 Å². The molecule has 7 nitrogen and oxygen atoms in total. The van der Waals surface area contributed by atoms with Crippen molar-refractivity contribution >= 4 is 16.9 Å². The highest BCUT2D eigenvalue weighted by atomic mass is 16.1. The van der Waals surface area contributed by atoms with Crippen LogP contribution >= 0.6 is 0 Å². The zero-order valence-corrected chi connectivity index (χ0v) is 16.6. The fraction of sp³-hybridized carbons (Fsp3) is 0.455. The van der Waals surface area contributed by atoms with Crippen LogP contribution in [-0.4, -0.2) is 31.8 Å². The van der Waals surface area contributed by atoms with Crippen molar-refractivity contribution < 1.29 is 4.79 Å². The third-order valence-corrected chi connectivity index (χ3v) is 5.72. The first-order valence-corrected chi connectivity index (χ1v) is 10.4. The second kappa shape index (κ2) is 9.03. The minimum atomic E-state index is -0.106. The molecule has 4 rings (SSSR count). The molecule has 152 valence electrons. The third-order valence-electron chi connectivity index (χ3n) is 5.72. The first kappa shape index (κ1) is 19.4. The van der Waals surface area contributed by atoms with Crippen LogP contribution in [0.4, 0.5) is 0 Å². The van der Waals surface area contributed by atoms with Gasteiger partial charge in [-0.25, -0.2) is 9.67 Å². The van der Waals surface area contributed by atoms with Crippen molar-refractivity contribution in [2.75, 3.05) is 6.54 Å².